The topological polar surface area (TPSA) is 115 Å². The lowest BCUT2D eigenvalue weighted by Gasteiger charge is -2.11. The number of nitrogens with zero attached hydrogens (tertiary/aromatic N) is 3. The Balaban J connectivity index is 1.49. The van der Waals surface area contributed by atoms with Gasteiger partial charge in [0.05, 0.1) is 24.0 Å². The van der Waals surface area contributed by atoms with Gasteiger partial charge in [-0.05, 0) is 31.8 Å². The van der Waals surface area contributed by atoms with Crippen LogP contribution in [0.5, 0.6) is 0 Å². The zero-order chi connectivity index (χ0) is 20.1. The molecule has 0 saturated carbocycles. The zero-order valence-electron chi connectivity index (χ0n) is 15.8. The average molecular weight is 385 g/mol. The van der Waals surface area contributed by atoms with Crippen LogP contribution in [0.1, 0.15) is 15.9 Å². The summed E-state index contributed by atoms with van der Waals surface area (Å²) in [6, 6.07) is 8.97. The number of nitrogens with two attached hydrogens (primary N) is 1. The quantitative estimate of drug-likeness (QED) is 0.442. The highest BCUT2D eigenvalue weighted by Gasteiger charge is 2.09. The number of esters is 1. The van der Waals surface area contributed by atoms with Crippen molar-refractivity contribution in [2.45, 2.75) is 13.3 Å². The Bertz CT molecular complexity index is 1020. The normalized spacial score (nSPS) is 11.2. The fourth-order valence-corrected chi connectivity index (χ4v) is 2.80. The maximum absolute atomic E-state index is 12.2. The van der Waals surface area contributed by atoms with Crippen molar-refractivity contribution >= 4 is 22.8 Å². The fraction of sp³-hybridized carbons (Fsp3) is 0.316. The minimum atomic E-state index is -0.392. The van der Waals surface area contributed by atoms with E-state index in [1.165, 1.54) is 6.33 Å². The Labute approximate surface area is 161 Å². The predicted molar refractivity (Wildman–Crippen MR) is 105 cm³/mol. The molecular weight excluding hydrogens is 362 g/mol. The molecule has 3 aromatic rings. The van der Waals surface area contributed by atoms with Gasteiger partial charge in [0.1, 0.15) is 19.2 Å². The van der Waals surface area contributed by atoms with Gasteiger partial charge in [0, 0.05) is 12.6 Å². The van der Waals surface area contributed by atoms with Crippen molar-refractivity contribution < 1.29 is 14.3 Å². The summed E-state index contributed by atoms with van der Waals surface area (Å²) in [5.74, 6) is -0.138. The standard InChI is InChI=1S/C19H23N5O4/c1-23(2)10-13-4-3-5-14(8-13)19(26)28-7-6-27-12-24-11-21-17-15(24)9-16(20)22-18(17)25/h3-5,8-9,11H,6-7,10,12H2,1-2H3,(H3,20,22,25). The molecular formula is C19H23N5O4. The molecule has 0 bridgehead atoms. The van der Waals surface area contributed by atoms with Crippen LogP contribution in [0.4, 0.5) is 5.82 Å². The first-order valence-electron chi connectivity index (χ1n) is 8.76. The number of aromatic nitrogens is 3. The Hall–Kier alpha value is -3.17. The number of fused-ring (bicyclic) bond motifs is 1. The van der Waals surface area contributed by atoms with Gasteiger partial charge in [-0.1, -0.05) is 12.1 Å². The maximum Gasteiger partial charge on any atom is 0.338 e. The first-order valence-corrected chi connectivity index (χ1v) is 8.76. The third-order valence-corrected chi connectivity index (χ3v) is 4.00. The largest absolute Gasteiger partial charge is 0.460 e. The summed E-state index contributed by atoms with van der Waals surface area (Å²) in [6.45, 7) is 1.24. The molecule has 0 aliphatic rings. The van der Waals surface area contributed by atoms with E-state index in [9.17, 15) is 9.59 Å². The summed E-state index contributed by atoms with van der Waals surface area (Å²) in [4.78, 5) is 32.5. The van der Waals surface area contributed by atoms with Gasteiger partial charge in [0.2, 0.25) is 0 Å². The molecule has 0 amide bonds. The molecule has 0 saturated heterocycles. The minimum absolute atomic E-state index is 0.117. The second-order valence-electron chi connectivity index (χ2n) is 6.61. The van der Waals surface area contributed by atoms with Gasteiger partial charge in [-0.15, -0.1) is 0 Å². The lowest BCUT2D eigenvalue weighted by Crippen LogP contribution is -2.14. The first-order chi connectivity index (χ1) is 13.4. The van der Waals surface area contributed by atoms with E-state index in [1.54, 1.807) is 16.7 Å². The molecule has 1 aromatic carbocycles. The molecule has 2 aromatic heterocycles. The van der Waals surface area contributed by atoms with Crippen LogP contribution in [0.25, 0.3) is 11.0 Å². The monoisotopic (exact) mass is 385 g/mol. The second kappa shape index (κ2) is 8.68. The number of imidazole rings is 1. The first kappa shape index (κ1) is 19.6. The van der Waals surface area contributed by atoms with Crippen LogP contribution in [-0.2, 0) is 22.7 Å². The third kappa shape index (κ3) is 4.76. The van der Waals surface area contributed by atoms with Gasteiger partial charge >= 0.3 is 5.97 Å². The molecule has 0 spiro atoms. The zero-order valence-corrected chi connectivity index (χ0v) is 15.8. The number of aromatic amines is 1. The van der Waals surface area contributed by atoms with Crippen LogP contribution in [-0.4, -0.2) is 52.7 Å². The Kier molecular flexibility index (Phi) is 6.07. The summed E-state index contributed by atoms with van der Waals surface area (Å²) >= 11 is 0. The summed E-state index contributed by atoms with van der Waals surface area (Å²) in [5.41, 5.74) is 7.73. The van der Waals surface area contributed by atoms with E-state index in [0.717, 1.165) is 12.1 Å². The van der Waals surface area contributed by atoms with Crippen molar-refractivity contribution in [1.82, 2.24) is 19.4 Å². The van der Waals surface area contributed by atoms with Crippen molar-refractivity contribution in [2.24, 2.45) is 0 Å². The van der Waals surface area contributed by atoms with E-state index in [-0.39, 0.29) is 31.3 Å². The number of ether oxygens (including phenoxy) is 2. The molecule has 0 radical (unpaired) electrons. The maximum atomic E-state index is 12.2. The molecule has 2 heterocycles. The molecule has 0 unspecified atom stereocenters. The number of carbonyl (C=O) groups is 1. The number of nitrogens with one attached hydrogen (secondary N) is 1. The molecule has 9 heteroatoms. The highest BCUT2D eigenvalue weighted by molar-refractivity contribution is 5.89. The number of rotatable bonds is 8. The van der Waals surface area contributed by atoms with E-state index in [2.05, 4.69) is 9.97 Å². The fourth-order valence-electron chi connectivity index (χ4n) is 2.80. The molecule has 3 rings (SSSR count). The van der Waals surface area contributed by atoms with Gasteiger partial charge < -0.3 is 29.7 Å². The number of benzene rings is 1. The van der Waals surface area contributed by atoms with Crippen LogP contribution >= 0.6 is 0 Å². The molecule has 28 heavy (non-hydrogen) atoms. The SMILES string of the molecule is CN(C)Cc1cccc(C(=O)OCCOCn2cnc3c(=O)[nH]c(N)cc32)c1. The number of anilines is 1. The number of hydrogen-bond acceptors (Lipinski definition) is 7. The lowest BCUT2D eigenvalue weighted by molar-refractivity contribution is 0.0182. The van der Waals surface area contributed by atoms with Crippen LogP contribution < -0.4 is 11.3 Å². The van der Waals surface area contributed by atoms with Crippen LogP contribution in [0.2, 0.25) is 0 Å². The lowest BCUT2D eigenvalue weighted by atomic mass is 10.1. The number of nitrogen functional groups attached to an aromatic ring is 1. The molecule has 0 aliphatic carbocycles. The number of pyridine rings is 1. The van der Waals surface area contributed by atoms with Gasteiger partial charge in [0.15, 0.2) is 5.52 Å². The van der Waals surface area contributed by atoms with Crippen molar-refractivity contribution in [2.75, 3.05) is 33.0 Å². The van der Waals surface area contributed by atoms with E-state index in [1.807, 2.05) is 37.2 Å². The Morgan fingerprint density at radius 2 is 2.11 bits per heavy atom. The van der Waals surface area contributed by atoms with E-state index in [0.29, 0.717) is 16.6 Å². The van der Waals surface area contributed by atoms with Gasteiger partial charge in [-0.3, -0.25) is 4.79 Å². The van der Waals surface area contributed by atoms with E-state index in [4.69, 9.17) is 15.2 Å². The predicted octanol–water partition coefficient (Wildman–Crippen LogP) is 1.20. The third-order valence-electron chi connectivity index (χ3n) is 4.00. The Morgan fingerprint density at radius 1 is 1.29 bits per heavy atom. The Morgan fingerprint density at radius 3 is 2.89 bits per heavy atom. The van der Waals surface area contributed by atoms with E-state index >= 15 is 0 Å². The summed E-state index contributed by atoms with van der Waals surface area (Å²) in [6.07, 6.45) is 1.50. The number of hydrogen-bond donors (Lipinski definition) is 2. The van der Waals surface area contributed by atoms with Crippen LogP contribution in [0.3, 0.4) is 0 Å². The molecule has 0 fully saturated rings. The number of carbonyl (C=O) groups excluding carboxylic acids is 1. The summed E-state index contributed by atoms with van der Waals surface area (Å²) < 4.78 is 12.4. The highest BCUT2D eigenvalue weighted by atomic mass is 16.6. The van der Waals surface area contributed by atoms with Gasteiger partial charge in [-0.25, -0.2) is 9.78 Å². The van der Waals surface area contributed by atoms with Crippen LogP contribution in [0, 0.1) is 0 Å². The number of H-pyrrole nitrogens is 1. The van der Waals surface area contributed by atoms with Gasteiger partial charge in [-0.2, -0.15) is 0 Å². The van der Waals surface area contributed by atoms with E-state index < -0.39 is 5.97 Å². The highest BCUT2D eigenvalue weighted by Crippen LogP contribution is 2.11. The molecule has 0 aliphatic heterocycles. The molecule has 3 N–H and O–H groups in total. The minimum Gasteiger partial charge on any atom is -0.460 e. The second-order valence-corrected chi connectivity index (χ2v) is 6.61. The van der Waals surface area contributed by atoms with Crippen molar-refractivity contribution in [3.05, 3.63) is 58.1 Å². The van der Waals surface area contributed by atoms with Crippen molar-refractivity contribution in [3.8, 4) is 0 Å². The summed E-state index contributed by atoms with van der Waals surface area (Å²) in [7, 11) is 3.94. The summed E-state index contributed by atoms with van der Waals surface area (Å²) in [5, 5.41) is 0. The average Bonchev–Trinajstić information content (AvgIpc) is 3.04. The van der Waals surface area contributed by atoms with Crippen molar-refractivity contribution in [1.29, 1.82) is 0 Å². The molecule has 148 valence electrons. The smallest absolute Gasteiger partial charge is 0.338 e. The molecule has 9 nitrogen and oxygen atoms in total. The van der Waals surface area contributed by atoms with Gasteiger partial charge in [0.25, 0.3) is 5.56 Å². The molecule has 0 atom stereocenters. The van der Waals surface area contributed by atoms with Crippen LogP contribution in [0.15, 0.2) is 41.5 Å². The van der Waals surface area contributed by atoms with Crippen molar-refractivity contribution in [3.63, 3.8) is 0 Å².